The fourth-order valence-electron chi connectivity index (χ4n) is 2.90. The first-order chi connectivity index (χ1) is 11.8. The van der Waals surface area contributed by atoms with Crippen molar-refractivity contribution in [3.8, 4) is 0 Å². The first-order valence-electron chi connectivity index (χ1n) is 8.12. The maximum Gasteiger partial charge on any atom is 0.252 e. The van der Waals surface area contributed by atoms with Crippen LogP contribution in [0.3, 0.4) is 0 Å². The summed E-state index contributed by atoms with van der Waals surface area (Å²) < 4.78 is 30.9. The Morgan fingerprint density at radius 3 is 2.68 bits per heavy atom. The number of aromatic nitrogens is 1. The minimum Gasteiger partial charge on any atom is -0.444 e. The molecule has 1 aliphatic rings. The van der Waals surface area contributed by atoms with E-state index in [2.05, 4.69) is 10.3 Å². The number of nitrogens with one attached hydrogen (secondary N) is 1. The molecule has 0 radical (unpaired) electrons. The molecule has 0 bridgehead atoms. The lowest BCUT2D eigenvalue weighted by Gasteiger charge is -2.19. The number of aryl methyl sites for hydroxylation is 2. The third-order valence-electron chi connectivity index (χ3n) is 4.20. The van der Waals surface area contributed by atoms with Gasteiger partial charge in [0.15, 0.2) is 0 Å². The smallest absolute Gasteiger partial charge is 0.252 e. The fraction of sp³-hybridized carbons (Fsp3) is 0.412. The Bertz CT molecular complexity index is 904. The van der Waals surface area contributed by atoms with Gasteiger partial charge in [-0.05, 0) is 51.0 Å². The molecule has 134 valence electrons. The monoisotopic (exact) mass is 363 g/mol. The molecule has 1 amide bonds. The van der Waals surface area contributed by atoms with E-state index in [0.29, 0.717) is 41.4 Å². The topological polar surface area (TPSA) is 92.5 Å². The van der Waals surface area contributed by atoms with Crippen LogP contribution in [0.5, 0.6) is 0 Å². The molecule has 1 aromatic carbocycles. The molecule has 0 saturated carbocycles. The molecular weight excluding hydrogens is 342 g/mol. The number of oxazole rings is 1. The molecule has 7 nitrogen and oxygen atoms in total. The van der Waals surface area contributed by atoms with E-state index >= 15 is 0 Å². The van der Waals surface area contributed by atoms with Gasteiger partial charge in [0, 0.05) is 12.1 Å². The maximum absolute atomic E-state index is 12.5. The lowest BCUT2D eigenvalue weighted by molar-refractivity contribution is 0.0933. The van der Waals surface area contributed by atoms with Gasteiger partial charge in [0.05, 0.1) is 17.6 Å². The van der Waals surface area contributed by atoms with E-state index in [1.54, 1.807) is 45.2 Å². The molecule has 1 saturated heterocycles. The van der Waals surface area contributed by atoms with Crippen LogP contribution in [0.15, 0.2) is 28.8 Å². The summed E-state index contributed by atoms with van der Waals surface area (Å²) in [5, 5.41) is 2.84. The zero-order chi connectivity index (χ0) is 18.2. The quantitative estimate of drug-likeness (QED) is 0.900. The van der Waals surface area contributed by atoms with Gasteiger partial charge in [-0.1, -0.05) is 0 Å². The number of carbonyl (C=O) groups is 1. The lowest BCUT2D eigenvalue weighted by Crippen LogP contribution is -2.28. The first kappa shape index (κ1) is 17.5. The standard InChI is InChI=1S/C17H21N3O4S/c1-11-9-14(20-7-4-8-25(20,22)23)5-6-15(11)16(21)19-13(3)17-18-10-12(2)24-17/h5-6,9-10,13H,4,7-8H2,1-3H3,(H,19,21). The van der Waals surface area contributed by atoms with Crippen molar-refractivity contribution in [2.75, 3.05) is 16.6 Å². The predicted octanol–water partition coefficient (Wildman–Crippen LogP) is 2.32. The zero-order valence-electron chi connectivity index (χ0n) is 14.4. The predicted molar refractivity (Wildman–Crippen MR) is 94.1 cm³/mol. The van der Waals surface area contributed by atoms with Crippen LogP contribution >= 0.6 is 0 Å². The summed E-state index contributed by atoms with van der Waals surface area (Å²) in [7, 11) is -3.23. The average Bonchev–Trinajstić information content (AvgIpc) is 3.12. The highest BCUT2D eigenvalue weighted by molar-refractivity contribution is 7.93. The van der Waals surface area contributed by atoms with E-state index in [9.17, 15) is 13.2 Å². The Morgan fingerprint density at radius 2 is 2.12 bits per heavy atom. The van der Waals surface area contributed by atoms with Crippen molar-refractivity contribution in [1.29, 1.82) is 0 Å². The molecule has 1 aromatic heterocycles. The minimum atomic E-state index is -3.23. The Balaban J connectivity index is 1.77. The third-order valence-corrected chi connectivity index (χ3v) is 6.07. The highest BCUT2D eigenvalue weighted by atomic mass is 32.2. The molecule has 1 aliphatic heterocycles. The highest BCUT2D eigenvalue weighted by Gasteiger charge is 2.29. The minimum absolute atomic E-state index is 0.168. The molecule has 2 heterocycles. The summed E-state index contributed by atoms with van der Waals surface area (Å²) in [6.45, 7) is 5.86. The molecule has 2 aromatic rings. The molecule has 8 heteroatoms. The van der Waals surface area contributed by atoms with Gasteiger partial charge < -0.3 is 9.73 Å². The van der Waals surface area contributed by atoms with Crippen LogP contribution in [0, 0.1) is 13.8 Å². The van der Waals surface area contributed by atoms with Gasteiger partial charge in [-0.3, -0.25) is 9.10 Å². The van der Waals surface area contributed by atoms with Crippen LogP contribution in [0.25, 0.3) is 0 Å². The van der Waals surface area contributed by atoms with Crippen molar-refractivity contribution in [2.45, 2.75) is 33.2 Å². The number of carbonyl (C=O) groups excluding carboxylic acids is 1. The number of nitrogens with zero attached hydrogens (tertiary/aromatic N) is 2. The second kappa shape index (κ2) is 6.51. The van der Waals surface area contributed by atoms with Gasteiger partial charge in [0.25, 0.3) is 5.91 Å². The van der Waals surface area contributed by atoms with Crippen LogP contribution < -0.4 is 9.62 Å². The molecule has 0 aliphatic carbocycles. The molecule has 1 unspecified atom stereocenters. The van der Waals surface area contributed by atoms with Crippen LogP contribution in [0.4, 0.5) is 5.69 Å². The molecule has 0 spiro atoms. The normalized spacial score (nSPS) is 17.5. The van der Waals surface area contributed by atoms with Gasteiger partial charge in [-0.25, -0.2) is 13.4 Å². The molecule has 25 heavy (non-hydrogen) atoms. The van der Waals surface area contributed by atoms with E-state index in [-0.39, 0.29) is 17.7 Å². The molecule has 1 atom stereocenters. The number of anilines is 1. The van der Waals surface area contributed by atoms with E-state index < -0.39 is 10.0 Å². The van der Waals surface area contributed by atoms with E-state index in [1.807, 2.05) is 0 Å². The van der Waals surface area contributed by atoms with E-state index in [4.69, 9.17) is 4.42 Å². The summed E-state index contributed by atoms with van der Waals surface area (Å²) in [6.07, 6.45) is 2.23. The fourth-order valence-corrected chi connectivity index (χ4v) is 4.45. The summed E-state index contributed by atoms with van der Waals surface area (Å²) in [4.78, 5) is 16.6. The Kier molecular flexibility index (Phi) is 4.55. The molecule has 1 N–H and O–H groups in total. The third kappa shape index (κ3) is 3.53. The van der Waals surface area contributed by atoms with Crippen LogP contribution in [-0.4, -0.2) is 31.6 Å². The summed E-state index contributed by atoms with van der Waals surface area (Å²) in [5.41, 5.74) is 1.81. The van der Waals surface area contributed by atoms with Crippen LogP contribution in [0.1, 0.15) is 47.0 Å². The number of amides is 1. The summed E-state index contributed by atoms with van der Waals surface area (Å²) >= 11 is 0. The Morgan fingerprint density at radius 1 is 1.36 bits per heavy atom. The average molecular weight is 363 g/mol. The SMILES string of the molecule is Cc1cnc(C(C)NC(=O)c2ccc(N3CCCS3(=O)=O)cc2C)o1. The van der Waals surface area contributed by atoms with E-state index in [1.165, 1.54) is 4.31 Å². The lowest BCUT2D eigenvalue weighted by atomic mass is 10.1. The van der Waals surface area contributed by atoms with Crippen molar-refractivity contribution in [2.24, 2.45) is 0 Å². The number of hydrogen-bond donors (Lipinski definition) is 1. The molecule has 3 rings (SSSR count). The van der Waals surface area contributed by atoms with Crippen molar-refractivity contribution in [1.82, 2.24) is 10.3 Å². The van der Waals surface area contributed by atoms with Gasteiger partial charge in [0.2, 0.25) is 15.9 Å². The van der Waals surface area contributed by atoms with Gasteiger partial charge >= 0.3 is 0 Å². The van der Waals surface area contributed by atoms with E-state index in [0.717, 1.165) is 0 Å². The largest absolute Gasteiger partial charge is 0.444 e. The highest BCUT2D eigenvalue weighted by Crippen LogP contribution is 2.26. The number of sulfonamides is 1. The van der Waals surface area contributed by atoms with Crippen molar-refractivity contribution in [3.05, 3.63) is 47.2 Å². The van der Waals surface area contributed by atoms with Crippen molar-refractivity contribution in [3.63, 3.8) is 0 Å². The first-order valence-corrected chi connectivity index (χ1v) is 9.73. The Hall–Kier alpha value is -2.35. The Labute approximate surface area is 147 Å². The summed E-state index contributed by atoms with van der Waals surface area (Å²) in [5.74, 6) is 1.05. The number of hydrogen-bond acceptors (Lipinski definition) is 5. The van der Waals surface area contributed by atoms with Gasteiger partial charge in [0.1, 0.15) is 11.8 Å². The summed E-state index contributed by atoms with van der Waals surface area (Å²) in [6, 6.07) is 4.70. The van der Waals surface area contributed by atoms with Gasteiger partial charge in [-0.2, -0.15) is 0 Å². The van der Waals surface area contributed by atoms with Gasteiger partial charge in [-0.15, -0.1) is 0 Å². The van der Waals surface area contributed by atoms with Crippen molar-refractivity contribution >= 4 is 21.6 Å². The van der Waals surface area contributed by atoms with Crippen LogP contribution in [-0.2, 0) is 10.0 Å². The van der Waals surface area contributed by atoms with Crippen molar-refractivity contribution < 1.29 is 17.6 Å². The zero-order valence-corrected chi connectivity index (χ0v) is 15.3. The number of benzene rings is 1. The maximum atomic E-state index is 12.5. The number of rotatable bonds is 4. The second-order valence-electron chi connectivity index (χ2n) is 6.25. The second-order valence-corrected chi connectivity index (χ2v) is 8.26. The molecular formula is C17H21N3O4S. The van der Waals surface area contributed by atoms with Crippen LogP contribution in [0.2, 0.25) is 0 Å². The molecule has 1 fully saturated rings.